The Morgan fingerprint density at radius 2 is 1.13 bits per heavy atom. The number of ether oxygens (including phenoxy) is 4. The zero-order chi connectivity index (χ0) is 40.4. The third-order valence-corrected chi connectivity index (χ3v) is 10.7. The summed E-state index contributed by atoms with van der Waals surface area (Å²) in [5.41, 5.74) is 0. The molecule has 0 aromatic rings. The Bertz CT molecular complexity index is 988. The number of carbonyl (C=O) groups is 1. The fraction of sp³-hybridized carbons (Fsp3) is 0.927. The molecule has 2 saturated heterocycles. The number of hydrogen-bond acceptors (Lipinski definition) is 13. The second-order valence-corrected chi connectivity index (χ2v) is 15.5. The number of aliphatic hydroxyl groups excluding tert-OH is 8. The quantitative estimate of drug-likeness (QED) is 0.0364. The minimum atomic E-state index is -1.78. The first-order chi connectivity index (χ1) is 26.6. The van der Waals surface area contributed by atoms with E-state index in [1.165, 1.54) is 70.6 Å². The monoisotopic (exact) mass is 792 g/mol. The molecule has 9 N–H and O–H groups in total. The molecule has 0 spiro atoms. The van der Waals surface area contributed by atoms with Gasteiger partial charge in [0.05, 0.1) is 32.0 Å². The Hall–Kier alpha value is -1.27. The van der Waals surface area contributed by atoms with Crippen molar-refractivity contribution in [2.75, 3.05) is 19.8 Å². The average molecular weight is 792 g/mol. The van der Waals surface area contributed by atoms with Crippen LogP contribution in [0.15, 0.2) is 12.2 Å². The Morgan fingerprint density at radius 1 is 0.636 bits per heavy atom. The highest BCUT2D eigenvalue weighted by atomic mass is 16.7. The van der Waals surface area contributed by atoms with Crippen LogP contribution in [0.2, 0.25) is 0 Å². The number of carbonyl (C=O) groups excluding carboxylic acids is 1. The zero-order valence-corrected chi connectivity index (χ0v) is 33.7. The lowest BCUT2D eigenvalue weighted by molar-refractivity contribution is -0.359. The van der Waals surface area contributed by atoms with Gasteiger partial charge in [0.25, 0.3) is 0 Å². The predicted octanol–water partition coefficient (Wildman–Crippen LogP) is 3.26. The Morgan fingerprint density at radius 3 is 1.67 bits per heavy atom. The number of allylic oxidation sites excluding steroid dienone is 1. The molecular formula is C41H77NO13. The fourth-order valence-electron chi connectivity index (χ4n) is 7.11. The van der Waals surface area contributed by atoms with Gasteiger partial charge in [0, 0.05) is 6.42 Å². The molecule has 0 aromatic carbocycles. The third kappa shape index (κ3) is 18.9. The average Bonchev–Trinajstić information content (AvgIpc) is 3.18. The third-order valence-electron chi connectivity index (χ3n) is 10.7. The SMILES string of the molecule is CCCCCC/C=C/C(O)C(COC1OC(CO)C(OC2OC(CO)C(O)C(O)C2O)C(O)C1O)NC(=O)CCCCCCCCCCCCCCCCC. The maximum absolute atomic E-state index is 13.0. The van der Waals surface area contributed by atoms with Crippen molar-refractivity contribution in [2.24, 2.45) is 0 Å². The van der Waals surface area contributed by atoms with E-state index in [1.54, 1.807) is 6.08 Å². The molecule has 0 aromatic heterocycles. The Labute approximate surface area is 329 Å². The molecule has 2 aliphatic heterocycles. The van der Waals surface area contributed by atoms with E-state index in [1.807, 2.05) is 6.08 Å². The predicted molar refractivity (Wildman–Crippen MR) is 208 cm³/mol. The maximum atomic E-state index is 13.0. The highest BCUT2D eigenvalue weighted by molar-refractivity contribution is 5.76. The lowest BCUT2D eigenvalue weighted by atomic mass is 9.97. The van der Waals surface area contributed by atoms with Crippen LogP contribution in [0.5, 0.6) is 0 Å². The summed E-state index contributed by atoms with van der Waals surface area (Å²) in [6, 6.07) is -0.903. The zero-order valence-electron chi connectivity index (χ0n) is 33.7. The molecule has 2 rings (SSSR count). The summed E-state index contributed by atoms with van der Waals surface area (Å²) in [6.45, 7) is 2.67. The smallest absolute Gasteiger partial charge is 0.220 e. The first-order valence-corrected chi connectivity index (χ1v) is 21.4. The summed E-state index contributed by atoms with van der Waals surface area (Å²) in [6.07, 6.45) is 10.2. The second-order valence-electron chi connectivity index (χ2n) is 15.5. The molecule has 55 heavy (non-hydrogen) atoms. The van der Waals surface area contributed by atoms with Crippen LogP contribution in [-0.4, -0.2) is 140 Å². The molecule has 14 nitrogen and oxygen atoms in total. The molecule has 12 unspecified atom stereocenters. The van der Waals surface area contributed by atoms with Crippen molar-refractivity contribution in [3.8, 4) is 0 Å². The van der Waals surface area contributed by atoms with Crippen molar-refractivity contribution < 1.29 is 64.6 Å². The van der Waals surface area contributed by atoms with Gasteiger partial charge in [-0.25, -0.2) is 0 Å². The van der Waals surface area contributed by atoms with Gasteiger partial charge in [-0.1, -0.05) is 135 Å². The summed E-state index contributed by atoms with van der Waals surface area (Å²) in [5, 5.41) is 85.9. The van der Waals surface area contributed by atoms with E-state index in [0.29, 0.717) is 6.42 Å². The number of nitrogens with one attached hydrogen (secondary N) is 1. The van der Waals surface area contributed by atoms with Crippen LogP contribution < -0.4 is 5.32 Å². The lowest BCUT2D eigenvalue weighted by Gasteiger charge is -2.46. The van der Waals surface area contributed by atoms with E-state index in [-0.39, 0.29) is 18.9 Å². The van der Waals surface area contributed by atoms with Crippen LogP contribution in [0.25, 0.3) is 0 Å². The minimum absolute atomic E-state index is 0.245. The van der Waals surface area contributed by atoms with Gasteiger partial charge in [0.15, 0.2) is 12.6 Å². The summed E-state index contributed by atoms with van der Waals surface area (Å²) in [5.74, 6) is -0.245. The standard InChI is InChI=1S/C41H77NO13/c1-3-5-7-9-11-12-13-14-15-16-17-18-19-21-23-25-33(46)42-29(30(45)24-22-20-10-8-6-4-2)28-52-40-38(51)36(49)39(32(27-44)54-40)55-41-37(50)35(48)34(47)31(26-43)53-41/h22,24,29-32,34-41,43-45,47-51H,3-21,23,25-28H2,1-2H3,(H,42,46)/b24-22+. The first kappa shape index (κ1) is 49.9. The molecule has 0 saturated carbocycles. The van der Waals surface area contributed by atoms with E-state index in [0.717, 1.165) is 51.4 Å². The van der Waals surface area contributed by atoms with E-state index in [2.05, 4.69) is 19.2 Å². The first-order valence-electron chi connectivity index (χ1n) is 21.4. The van der Waals surface area contributed by atoms with Gasteiger partial charge in [-0.2, -0.15) is 0 Å². The van der Waals surface area contributed by atoms with Gasteiger partial charge in [0.1, 0.15) is 48.8 Å². The van der Waals surface area contributed by atoms with Crippen molar-refractivity contribution in [1.29, 1.82) is 0 Å². The van der Waals surface area contributed by atoms with E-state index in [4.69, 9.17) is 18.9 Å². The molecular weight excluding hydrogens is 714 g/mol. The van der Waals surface area contributed by atoms with E-state index >= 15 is 0 Å². The molecule has 0 aliphatic carbocycles. The molecule has 1 amide bonds. The summed E-state index contributed by atoms with van der Waals surface area (Å²) >= 11 is 0. The van der Waals surface area contributed by atoms with Gasteiger partial charge in [-0.15, -0.1) is 0 Å². The van der Waals surface area contributed by atoms with Crippen LogP contribution in [0.4, 0.5) is 0 Å². The highest BCUT2D eigenvalue weighted by Gasteiger charge is 2.50. The van der Waals surface area contributed by atoms with Gasteiger partial charge in [0.2, 0.25) is 5.91 Å². The van der Waals surface area contributed by atoms with Gasteiger partial charge in [-0.05, 0) is 19.3 Å². The van der Waals surface area contributed by atoms with Crippen LogP contribution >= 0.6 is 0 Å². The van der Waals surface area contributed by atoms with Crippen LogP contribution in [0.3, 0.4) is 0 Å². The number of unbranched alkanes of at least 4 members (excludes halogenated alkanes) is 18. The van der Waals surface area contributed by atoms with Crippen LogP contribution in [-0.2, 0) is 23.7 Å². The van der Waals surface area contributed by atoms with Crippen LogP contribution in [0, 0.1) is 0 Å². The van der Waals surface area contributed by atoms with Crippen molar-refractivity contribution in [1.82, 2.24) is 5.32 Å². The van der Waals surface area contributed by atoms with Crippen molar-refractivity contribution >= 4 is 5.91 Å². The van der Waals surface area contributed by atoms with Crippen molar-refractivity contribution in [3.63, 3.8) is 0 Å². The molecule has 12 atom stereocenters. The van der Waals surface area contributed by atoms with Crippen molar-refractivity contribution in [3.05, 3.63) is 12.2 Å². The molecule has 324 valence electrons. The van der Waals surface area contributed by atoms with Gasteiger partial charge >= 0.3 is 0 Å². The number of amides is 1. The lowest BCUT2D eigenvalue weighted by Crippen LogP contribution is -2.65. The molecule has 2 fully saturated rings. The van der Waals surface area contributed by atoms with Crippen LogP contribution in [0.1, 0.15) is 149 Å². The summed E-state index contributed by atoms with van der Waals surface area (Å²) < 4.78 is 22.5. The Kier molecular flexibility index (Phi) is 27.1. The number of rotatable bonds is 31. The second kappa shape index (κ2) is 29.9. The minimum Gasteiger partial charge on any atom is -0.394 e. The van der Waals surface area contributed by atoms with Crippen molar-refractivity contribution in [2.45, 2.75) is 222 Å². The summed E-state index contributed by atoms with van der Waals surface area (Å²) in [7, 11) is 0. The molecule has 14 heteroatoms. The van der Waals surface area contributed by atoms with E-state index < -0.39 is 86.8 Å². The fourth-order valence-corrected chi connectivity index (χ4v) is 7.11. The maximum Gasteiger partial charge on any atom is 0.220 e. The molecule has 0 bridgehead atoms. The molecule has 2 heterocycles. The number of aliphatic hydroxyl groups is 8. The molecule has 0 radical (unpaired) electrons. The summed E-state index contributed by atoms with van der Waals surface area (Å²) in [4.78, 5) is 13.0. The normalized spacial score (nSPS) is 29.8. The topological polar surface area (TPSA) is 228 Å². The highest BCUT2D eigenvalue weighted by Crippen LogP contribution is 2.30. The van der Waals surface area contributed by atoms with Gasteiger partial charge in [-0.3, -0.25) is 4.79 Å². The number of hydrogen-bond donors (Lipinski definition) is 9. The van der Waals surface area contributed by atoms with E-state index in [9.17, 15) is 45.6 Å². The van der Waals surface area contributed by atoms with Gasteiger partial charge < -0.3 is 65.1 Å². The Balaban J connectivity index is 1.85. The molecule has 2 aliphatic rings. The largest absolute Gasteiger partial charge is 0.394 e.